The van der Waals surface area contributed by atoms with Gasteiger partial charge in [-0.1, -0.05) is 6.42 Å². The largest absolute Gasteiger partial charge is 0.386 e. The first-order valence-electron chi connectivity index (χ1n) is 7.17. The summed E-state index contributed by atoms with van der Waals surface area (Å²) in [5.74, 6) is 0. The third kappa shape index (κ3) is 1.61. The van der Waals surface area contributed by atoms with E-state index in [-0.39, 0.29) is 6.04 Å². The maximum Gasteiger partial charge on any atom is 0.111 e. The van der Waals surface area contributed by atoms with Crippen LogP contribution >= 0.6 is 0 Å². The van der Waals surface area contributed by atoms with Crippen LogP contribution < -0.4 is 0 Å². The molecule has 3 fully saturated rings. The summed E-state index contributed by atoms with van der Waals surface area (Å²) in [6, 6.07) is 2.60. The number of hydrogen-bond donors (Lipinski definition) is 1. The van der Waals surface area contributed by atoms with Crippen LogP contribution in [0.15, 0.2) is 0 Å². The Morgan fingerprint density at radius 1 is 1.22 bits per heavy atom. The molecule has 3 aliphatic rings. The number of rotatable bonds is 1. The first-order chi connectivity index (χ1) is 8.72. The van der Waals surface area contributed by atoms with Gasteiger partial charge < -0.3 is 9.84 Å². The molecule has 0 spiro atoms. The second-order valence-electron chi connectivity index (χ2n) is 6.07. The molecule has 3 saturated heterocycles. The van der Waals surface area contributed by atoms with Crippen LogP contribution in [0.3, 0.4) is 0 Å². The zero-order valence-corrected chi connectivity index (χ0v) is 10.9. The number of hydrogen-bond acceptors (Lipinski definition) is 4. The highest BCUT2D eigenvalue weighted by Crippen LogP contribution is 2.49. The molecule has 4 nitrogen and oxygen atoms in total. The van der Waals surface area contributed by atoms with Crippen molar-refractivity contribution in [3.63, 3.8) is 0 Å². The van der Waals surface area contributed by atoms with Crippen molar-refractivity contribution in [1.82, 2.24) is 4.90 Å². The molecule has 0 aromatic rings. The second kappa shape index (κ2) is 4.48. The summed E-state index contributed by atoms with van der Waals surface area (Å²) < 4.78 is 5.53. The van der Waals surface area contributed by atoms with E-state index >= 15 is 0 Å². The van der Waals surface area contributed by atoms with Gasteiger partial charge in [0, 0.05) is 19.2 Å². The van der Waals surface area contributed by atoms with E-state index in [0.717, 1.165) is 45.4 Å². The molecule has 3 aliphatic heterocycles. The van der Waals surface area contributed by atoms with Crippen molar-refractivity contribution in [2.24, 2.45) is 5.41 Å². The molecule has 0 radical (unpaired) electrons. The maximum absolute atomic E-state index is 11.2. The molecule has 1 N–H and O–H groups in total. The minimum Gasteiger partial charge on any atom is -0.386 e. The number of fused-ring (bicyclic) bond motifs is 1. The zero-order chi connectivity index (χ0) is 12.6. The predicted octanol–water partition coefficient (Wildman–Crippen LogP) is 1.30. The summed E-state index contributed by atoms with van der Waals surface area (Å²) in [4.78, 5) is 2.39. The SMILES string of the molecule is N#CC1(C2(O)CCN3CCCCC32)CCCOC1. The summed E-state index contributed by atoms with van der Waals surface area (Å²) in [6.45, 7) is 3.15. The van der Waals surface area contributed by atoms with Crippen LogP contribution in [-0.4, -0.2) is 48.0 Å². The summed E-state index contributed by atoms with van der Waals surface area (Å²) in [5, 5.41) is 20.9. The van der Waals surface area contributed by atoms with Gasteiger partial charge in [0.25, 0.3) is 0 Å². The van der Waals surface area contributed by atoms with Crippen molar-refractivity contribution in [2.45, 2.75) is 50.2 Å². The highest BCUT2D eigenvalue weighted by atomic mass is 16.5. The monoisotopic (exact) mass is 250 g/mol. The number of nitriles is 1. The lowest BCUT2D eigenvalue weighted by Crippen LogP contribution is -2.59. The average Bonchev–Trinajstić information content (AvgIpc) is 2.79. The molecule has 0 amide bonds. The Kier molecular flexibility index (Phi) is 3.09. The van der Waals surface area contributed by atoms with Gasteiger partial charge in [-0.25, -0.2) is 0 Å². The molecular weight excluding hydrogens is 228 g/mol. The smallest absolute Gasteiger partial charge is 0.111 e. The van der Waals surface area contributed by atoms with Gasteiger partial charge in [0.2, 0.25) is 0 Å². The minimum absolute atomic E-state index is 0.174. The van der Waals surface area contributed by atoms with Gasteiger partial charge in [-0.05, 0) is 38.6 Å². The molecule has 3 rings (SSSR count). The van der Waals surface area contributed by atoms with Gasteiger partial charge in [0.15, 0.2) is 0 Å². The normalized spacial score (nSPS) is 45.4. The van der Waals surface area contributed by atoms with Crippen molar-refractivity contribution in [3.05, 3.63) is 0 Å². The van der Waals surface area contributed by atoms with E-state index in [1.54, 1.807) is 0 Å². The van der Waals surface area contributed by atoms with Crippen LogP contribution in [0.1, 0.15) is 38.5 Å². The topological polar surface area (TPSA) is 56.5 Å². The second-order valence-corrected chi connectivity index (χ2v) is 6.07. The lowest BCUT2D eigenvalue weighted by Gasteiger charge is -2.47. The van der Waals surface area contributed by atoms with Crippen LogP contribution in [0, 0.1) is 16.7 Å². The molecule has 3 heterocycles. The fourth-order valence-corrected chi connectivity index (χ4v) is 4.16. The molecule has 0 aromatic carbocycles. The van der Waals surface area contributed by atoms with E-state index in [0.29, 0.717) is 6.61 Å². The van der Waals surface area contributed by atoms with E-state index in [2.05, 4.69) is 11.0 Å². The van der Waals surface area contributed by atoms with Gasteiger partial charge in [0.1, 0.15) is 11.0 Å². The molecule has 0 aromatic heterocycles. The predicted molar refractivity (Wildman–Crippen MR) is 66.9 cm³/mol. The first-order valence-corrected chi connectivity index (χ1v) is 7.17. The van der Waals surface area contributed by atoms with Gasteiger partial charge in [0.05, 0.1) is 12.7 Å². The summed E-state index contributed by atoms with van der Waals surface area (Å²) >= 11 is 0. The van der Waals surface area contributed by atoms with Crippen molar-refractivity contribution >= 4 is 0 Å². The van der Waals surface area contributed by atoms with E-state index in [1.807, 2.05) is 0 Å². The maximum atomic E-state index is 11.2. The number of piperidine rings is 1. The number of nitrogens with zero attached hydrogens (tertiary/aromatic N) is 2. The van der Waals surface area contributed by atoms with Crippen molar-refractivity contribution in [2.75, 3.05) is 26.3 Å². The zero-order valence-electron chi connectivity index (χ0n) is 10.9. The van der Waals surface area contributed by atoms with Gasteiger partial charge in [-0.15, -0.1) is 0 Å². The van der Waals surface area contributed by atoms with Gasteiger partial charge in [-0.2, -0.15) is 5.26 Å². The van der Waals surface area contributed by atoms with Crippen LogP contribution in [0.2, 0.25) is 0 Å². The number of ether oxygens (including phenoxy) is 1. The Morgan fingerprint density at radius 3 is 2.83 bits per heavy atom. The standard InChI is InChI=1S/C14H22N2O2/c15-10-13(5-3-9-18-11-13)14(17)6-8-16-7-2-1-4-12(14)16/h12,17H,1-9,11H2. The lowest BCUT2D eigenvalue weighted by atomic mass is 9.65. The van der Waals surface area contributed by atoms with Crippen molar-refractivity contribution < 1.29 is 9.84 Å². The highest BCUT2D eigenvalue weighted by Gasteiger charge is 2.60. The molecule has 100 valence electrons. The lowest BCUT2D eigenvalue weighted by molar-refractivity contribution is -0.136. The van der Waals surface area contributed by atoms with E-state index in [9.17, 15) is 10.4 Å². The molecular formula is C14H22N2O2. The summed E-state index contributed by atoms with van der Waals surface area (Å²) in [6.07, 6.45) is 5.83. The van der Waals surface area contributed by atoms with E-state index < -0.39 is 11.0 Å². The molecule has 3 atom stereocenters. The van der Waals surface area contributed by atoms with E-state index in [1.165, 1.54) is 12.8 Å². The van der Waals surface area contributed by atoms with Crippen molar-refractivity contribution in [3.8, 4) is 6.07 Å². The average molecular weight is 250 g/mol. The van der Waals surface area contributed by atoms with Crippen molar-refractivity contribution in [1.29, 1.82) is 5.26 Å². The van der Waals surface area contributed by atoms with Crippen LogP contribution in [0.5, 0.6) is 0 Å². The number of aliphatic hydroxyl groups is 1. The molecule has 0 bridgehead atoms. The molecule has 3 unspecified atom stereocenters. The van der Waals surface area contributed by atoms with E-state index in [4.69, 9.17) is 4.74 Å². The third-order valence-corrected chi connectivity index (χ3v) is 5.23. The van der Waals surface area contributed by atoms with Crippen LogP contribution in [-0.2, 0) is 4.74 Å². The third-order valence-electron chi connectivity index (χ3n) is 5.23. The minimum atomic E-state index is -0.859. The van der Waals surface area contributed by atoms with Crippen LogP contribution in [0.4, 0.5) is 0 Å². The van der Waals surface area contributed by atoms with Gasteiger partial charge >= 0.3 is 0 Å². The molecule has 0 saturated carbocycles. The summed E-state index contributed by atoms with van der Waals surface area (Å²) in [7, 11) is 0. The summed E-state index contributed by atoms with van der Waals surface area (Å²) in [5.41, 5.74) is -1.54. The molecule has 4 heteroatoms. The highest BCUT2D eigenvalue weighted by molar-refractivity contribution is 5.19. The van der Waals surface area contributed by atoms with Crippen LogP contribution in [0.25, 0.3) is 0 Å². The Labute approximate surface area is 109 Å². The Bertz CT molecular complexity index is 359. The fourth-order valence-electron chi connectivity index (χ4n) is 4.16. The molecule has 0 aliphatic carbocycles. The van der Waals surface area contributed by atoms with Gasteiger partial charge in [-0.3, -0.25) is 4.90 Å². The fraction of sp³-hybridized carbons (Fsp3) is 0.929. The Balaban J connectivity index is 1.90. The molecule has 18 heavy (non-hydrogen) atoms. The first kappa shape index (κ1) is 12.4. The quantitative estimate of drug-likeness (QED) is 0.762. The Morgan fingerprint density at radius 2 is 2.11 bits per heavy atom. The Hall–Kier alpha value is -0.630.